The molecule has 0 aliphatic carbocycles. The zero-order chi connectivity index (χ0) is 20.3. The van der Waals surface area contributed by atoms with E-state index in [1.54, 1.807) is 0 Å². The highest BCUT2D eigenvalue weighted by molar-refractivity contribution is 5.81. The predicted molar refractivity (Wildman–Crippen MR) is 119 cm³/mol. The van der Waals surface area contributed by atoms with Crippen molar-refractivity contribution in [2.24, 2.45) is 0 Å². The summed E-state index contributed by atoms with van der Waals surface area (Å²) in [6, 6.07) is 12.9. The van der Waals surface area contributed by atoms with Crippen molar-refractivity contribution in [2.75, 3.05) is 0 Å². The Morgan fingerprint density at radius 1 is 0.821 bits per heavy atom. The van der Waals surface area contributed by atoms with Gasteiger partial charge in [0.2, 0.25) is 11.4 Å². The van der Waals surface area contributed by atoms with Gasteiger partial charge in [-0.3, -0.25) is 0 Å². The van der Waals surface area contributed by atoms with Gasteiger partial charge in [-0.2, -0.15) is 0 Å². The minimum Gasteiger partial charge on any atom is -0.493 e. The van der Waals surface area contributed by atoms with Gasteiger partial charge >= 0.3 is 0 Å². The maximum atomic E-state index is 11.2. The quantitative estimate of drug-likeness (QED) is 0.372. The van der Waals surface area contributed by atoms with Gasteiger partial charge in [0.15, 0.2) is 0 Å². The van der Waals surface area contributed by atoms with Crippen LogP contribution in [-0.2, 0) is 0 Å². The zero-order valence-electron chi connectivity index (χ0n) is 17.7. The van der Waals surface area contributed by atoms with Crippen molar-refractivity contribution in [3.8, 4) is 0 Å². The van der Waals surface area contributed by atoms with Crippen LogP contribution >= 0.6 is 0 Å². The van der Waals surface area contributed by atoms with E-state index in [1.807, 2.05) is 0 Å². The first kappa shape index (κ1) is 20.0. The molecule has 0 atom stereocenters. The van der Waals surface area contributed by atoms with Gasteiger partial charge in [-0.05, 0) is 58.4 Å². The molecular weight excluding hydrogens is 340 g/mol. The first-order chi connectivity index (χ1) is 13.4. The molecular formula is C26H30N2. The van der Waals surface area contributed by atoms with Crippen molar-refractivity contribution in [1.29, 1.82) is 0 Å². The van der Waals surface area contributed by atoms with Crippen molar-refractivity contribution in [3.63, 3.8) is 0 Å². The van der Waals surface area contributed by atoms with Crippen LogP contribution in [0.5, 0.6) is 0 Å². The van der Waals surface area contributed by atoms with Crippen LogP contribution in [0.25, 0.3) is 16.9 Å². The molecule has 0 spiro atoms. The number of unbranched alkanes of at least 4 members (excludes halogenated alkanes) is 2. The highest BCUT2D eigenvalue weighted by atomic mass is 15.2. The molecule has 0 bridgehead atoms. The van der Waals surface area contributed by atoms with Crippen LogP contribution in [0.1, 0.15) is 59.6 Å². The minimum atomic E-state index is 0.830. The molecule has 1 heterocycles. The molecule has 0 amide bonds. The summed E-state index contributed by atoms with van der Waals surface area (Å²) in [6.45, 7) is 10.6. The minimum absolute atomic E-state index is 0.830. The van der Waals surface area contributed by atoms with Crippen LogP contribution in [0.3, 0.4) is 0 Å². The maximum Gasteiger partial charge on any atom is 0.214 e. The first-order valence-corrected chi connectivity index (χ1v) is 10.2. The van der Waals surface area contributed by atoms with Gasteiger partial charge in [0, 0.05) is 17.2 Å². The largest absolute Gasteiger partial charge is 0.493 e. The van der Waals surface area contributed by atoms with Crippen LogP contribution in [-0.4, -0.2) is 4.70 Å². The molecule has 0 unspecified atom stereocenters. The molecule has 0 saturated heterocycles. The summed E-state index contributed by atoms with van der Waals surface area (Å²) in [4.78, 5) is 0. The Hall–Kier alpha value is -2.74. The molecule has 0 N–H and O–H groups in total. The van der Waals surface area contributed by atoms with E-state index in [1.165, 1.54) is 39.8 Å². The Labute approximate surface area is 169 Å². The van der Waals surface area contributed by atoms with Crippen molar-refractivity contribution in [3.05, 3.63) is 99.1 Å². The van der Waals surface area contributed by atoms with E-state index >= 15 is 0 Å². The molecule has 2 nitrogen and oxygen atoms in total. The molecule has 144 valence electrons. The second-order valence-corrected chi connectivity index (χ2v) is 7.94. The van der Waals surface area contributed by atoms with Crippen LogP contribution < -0.4 is 0 Å². The summed E-state index contributed by atoms with van der Waals surface area (Å²) in [5.41, 5.74) is 20.8. The fourth-order valence-corrected chi connectivity index (χ4v) is 3.91. The number of hydrogen-bond donors (Lipinski definition) is 0. The Balaban J connectivity index is 2.08. The summed E-state index contributed by atoms with van der Waals surface area (Å²) in [5.74, 6) is 0. The maximum absolute atomic E-state index is 11.2. The lowest BCUT2D eigenvalue weighted by molar-refractivity contribution is -0.344. The van der Waals surface area contributed by atoms with E-state index in [0.717, 1.165) is 34.5 Å². The van der Waals surface area contributed by atoms with Crippen molar-refractivity contribution < 1.29 is 4.70 Å². The molecule has 0 aromatic heterocycles. The van der Waals surface area contributed by atoms with E-state index in [-0.39, 0.29) is 0 Å². The van der Waals surface area contributed by atoms with Gasteiger partial charge < -0.3 is 5.53 Å². The number of allylic oxidation sites excluding steroid dienone is 4. The summed E-state index contributed by atoms with van der Waals surface area (Å²) < 4.78 is 1.36. The molecule has 2 heteroatoms. The molecule has 1 aliphatic heterocycles. The lowest BCUT2D eigenvalue weighted by atomic mass is 10.0. The Bertz CT molecular complexity index is 963. The lowest BCUT2D eigenvalue weighted by Crippen LogP contribution is -2.03. The number of hydrogen-bond acceptors (Lipinski definition) is 0. The van der Waals surface area contributed by atoms with Gasteiger partial charge in [0.25, 0.3) is 0 Å². The second kappa shape index (κ2) is 8.52. The van der Waals surface area contributed by atoms with E-state index in [4.69, 9.17) is 0 Å². The summed E-state index contributed by atoms with van der Waals surface area (Å²) >= 11 is 0. The Morgan fingerprint density at radius 3 is 1.89 bits per heavy atom. The SMILES string of the molecule is CCCCC=CC1=C(c2cc(C)cc(C)c2)[N+](=[N-])C(c2cc(C)cc(C)c2)=C1. The van der Waals surface area contributed by atoms with Crippen LogP contribution in [0.4, 0.5) is 0 Å². The molecule has 0 fully saturated rings. The van der Waals surface area contributed by atoms with Crippen molar-refractivity contribution >= 4 is 11.4 Å². The van der Waals surface area contributed by atoms with E-state index in [0.29, 0.717) is 0 Å². The molecule has 3 rings (SSSR count). The van der Waals surface area contributed by atoms with Gasteiger partial charge in [-0.1, -0.05) is 66.3 Å². The van der Waals surface area contributed by atoms with E-state index < -0.39 is 0 Å². The fraction of sp³-hybridized carbons (Fsp3) is 0.308. The standard InChI is InChI=1S/C26H30N2/c1-6-7-8-9-10-22-17-25(23-13-18(2)11-19(3)14-23)28(27)26(22)24-15-20(4)12-21(5)16-24/h9-17H,6-8H2,1-5H3. The lowest BCUT2D eigenvalue weighted by Gasteiger charge is -2.11. The van der Waals surface area contributed by atoms with Crippen molar-refractivity contribution in [1.82, 2.24) is 0 Å². The third kappa shape index (κ3) is 4.39. The Kier molecular flexibility index (Phi) is 6.08. The highest BCUT2D eigenvalue weighted by Gasteiger charge is 2.28. The first-order valence-electron chi connectivity index (χ1n) is 10.2. The third-order valence-corrected chi connectivity index (χ3v) is 5.04. The number of benzene rings is 2. The number of rotatable bonds is 6. The van der Waals surface area contributed by atoms with Gasteiger partial charge in [-0.15, -0.1) is 0 Å². The van der Waals surface area contributed by atoms with Gasteiger partial charge in [0.05, 0.1) is 5.57 Å². The molecule has 2 aromatic rings. The predicted octanol–water partition coefficient (Wildman–Crippen LogP) is 7.47. The molecule has 1 aliphatic rings. The van der Waals surface area contributed by atoms with Crippen LogP contribution in [0.2, 0.25) is 0 Å². The highest BCUT2D eigenvalue weighted by Crippen LogP contribution is 2.37. The van der Waals surface area contributed by atoms with Crippen LogP contribution in [0, 0.1) is 27.7 Å². The zero-order valence-corrected chi connectivity index (χ0v) is 17.7. The normalized spacial score (nSPS) is 14.3. The topological polar surface area (TPSA) is 25.3 Å². The fourth-order valence-electron chi connectivity index (χ4n) is 3.91. The molecule has 2 aromatic carbocycles. The summed E-state index contributed by atoms with van der Waals surface area (Å²) in [7, 11) is 0. The molecule has 0 radical (unpaired) electrons. The average Bonchev–Trinajstić information content (AvgIpc) is 2.93. The third-order valence-electron chi connectivity index (χ3n) is 5.04. The molecule has 28 heavy (non-hydrogen) atoms. The smallest absolute Gasteiger partial charge is 0.214 e. The number of nitrogens with zero attached hydrogens (tertiary/aromatic N) is 2. The van der Waals surface area contributed by atoms with E-state index in [2.05, 4.69) is 89.2 Å². The summed E-state index contributed by atoms with van der Waals surface area (Å²) in [5, 5.41) is 0. The van der Waals surface area contributed by atoms with Crippen LogP contribution in [0.15, 0.2) is 60.2 Å². The second-order valence-electron chi connectivity index (χ2n) is 7.94. The summed E-state index contributed by atoms with van der Waals surface area (Å²) in [6.07, 6.45) is 9.89. The van der Waals surface area contributed by atoms with E-state index in [9.17, 15) is 5.53 Å². The Morgan fingerprint density at radius 2 is 1.36 bits per heavy atom. The number of aryl methyl sites for hydroxylation is 4. The van der Waals surface area contributed by atoms with Gasteiger partial charge in [0.1, 0.15) is 0 Å². The van der Waals surface area contributed by atoms with Crippen molar-refractivity contribution in [2.45, 2.75) is 53.9 Å². The van der Waals surface area contributed by atoms with Gasteiger partial charge in [-0.25, -0.2) is 4.70 Å². The monoisotopic (exact) mass is 370 g/mol. The molecule has 0 saturated carbocycles. The average molecular weight is 371 g/mol.